The number of carbonyl (C=O) groups excluding carboxylic acids is 1. The largest absolute Gasteiger partial charge is 0.339 e. The number of sulfonamides is 1. The van der Waals surface area contributed by atoms with Gasteiger partial charge in [-0.25, -0.2) is 13.1 Å². The first-order valence-corrected chi connectivity index (χ1v) is 12.3. The highest BCUT2D eigenvalue weighted by Crippen LogP contribution is 2.23. The third kappa shape index (κ3) is 5.62. The van der Waals surface area contributed by atoms with Crippen LogP contribution in [0.5, 0.6) is 0 Å². The number of unbranched alkanes of at least 4 members (excludes halogenated alkanes) is 2. The third-order valence-electron chi connectivity index (χ3n) is 4.63. The molecule has 2 aromatic heterocycles. The van der Waals surface area contributed by atoms with Crippen molar-refractivity contribution < 1.29 is 17.7 Å². The van der Waals surface area contributed by atoms with Gasteiger partial charge in [0.05, 0.1) is 4.88 Å². The fourth-order valence-electron chi connectivity index (χ4n) is 2.91. The summed E-state index contributed by atoms with van der Waals surface area (Å²) in [5.74, 6) is 0.994. The molecule has 1 aromatic carbocycles. The van der Waals surface area contributed by atoms with E-state index in [4.69, 9.17) is 4.52 Å². The first-order chi connectivity index (χ1) is 14.4. The van der Waals surface area contributed by atoms with Gasteiger partial charge in [-0.2, -0.15) is 4.98 Å². The van der Waals surface area contributed by atoms with Crippen LogP contribution in [0.4, 0.5) is 0 Å². The molecule has 30 heavy (non-hydrogen) atoms. The number of aromatic nitrogens is 2. The van der Waals surface area contributed by atoms with Crippen molar-refractivity contribution in [2.45, 2.75) is 50.8 Å². The predicted octanol–water partition coefficient (Wildman–Crippen LogP) is 4.39. The minimum absolute atomic E-state index is 0.0776. The standard InChI is InChI=1S/C21H25N3O4S2/c1-3-17(25)20-18(12-14-29-20)30(26,27)22-13-6-4-5-7-19-23-21(24-28-19)16-10-8-15(2)9-11-16/h8-12,14,22H,3-7,13H2,1-2H3. The van der Waals surface area contributed by atoms with Crippen molar-refractivity contribution in [3.05, 3.63) is 52.0 Å². The summed E-state index contributed by atoms with van der Waals surface area (Å²) < 4.78 is 32.8. The number of thiophene rings is 1. The maximum atomic E-state index is 12.5. The number of hydrogen-bond donors (Lipinski definition) is 1. The van der Waals surface area contributed by atoms with Gasteiger partial charge < -0.3 is 4.52 Å². The fourth-order valence-corrected chi connectivity index (χ4v) is 5.44. The summed E-state index contributed by atoms with van der Waals surface area (Å²) in [4.78, 5) is 16.7. The molecule has 7 nitrogen and oxygen atoms in total. The number of Topliss-reactive ketones (excluding diaryl/α,β-unsaturated/α-hetero) is 1. The summed E-state index contributed by atoms with van der Waals surface area (Å²) >= 11 is 1.16. The Balaban J connectivity index is 1.42. The second kappa shape index (κ2) is 10.1. The van der Waals surface area contributed by atoms with E-state index in [-0.39, 0.29) is 17.1 Å². The first kappa shape index (κ1) is 22.3. The van der Waals surface area contributed by atoms with Crippen molar-refractivity contribution >= 4 is 27.1 Å². The lowest BCUT2D eigenvalue weighted by Crippen LogP contribution is -2.25. The van der Waals surface area contributed by atoms with E-state index in [2.05, 4.69) is 14.9 Å². The van der Waals surface area contributed by atoms with Crippen molar-refractivity contribution in [1.82, 2.24) is 14.9 Å². The van der Waals surface area contributed by atoms with Crippen molar-refractivity contribution in [1.29, 1.82) is 0 Å². The van der Waals surface area contributed by atoms with Crippen LogP contribution < -0.4 is 4.72 Å². The predicted molar refractivity (Wildman–Crippen MR) is 116 cm³/mol. The zero-order valence-corrected chi connectivity index (χ0v) is 18.7. The SMILES string of the molecule is CCC(=O)c1sccc1S(=O)(=O)NCCCCCc1nc(-c2ccc(C)cc2)no1. The van der Waals surface area contributed by atoms with Crippen LogP contribution in [-0.4, -0.2) is 30.9 Å². The number of nitrogens with zero attached hydrogens (tertiary/aromatic N) is 2. The molecule has 0 spiro atoms. The van der Waals surface area contributed by atoms with Gasteiger partial charge in [-0.3, -0.25) is 4.79 Å². The van der Waals surface area contributed by atoms with Crippen molar-refractivity contribution in [3.8, 4) is 11.4 Å². The minimum atomic E-state index is -3.67. The van der Waals surface area contributed by atoms with Crippen LogP contribution in [0.1, 0.15) is 53.7 Å². The lowest BCUT2D eigenvalue weighted by Gasteiger charge is -2.06. The number of rotatable bonds is 11. The second-order valence-electron chi connectivity index (χ2n) is 6.98. The Morgan fingerprint density at radius 2 is 1.90 bits per heavy atom. The van der Waals surface area contributed by atoms with Crippen LogP contribution in [-0.2, 0) is 16.4 Å². The molecule has 0 radical (unpaired) electrons. The van der Waals surface area contributed by atoms with Crippen LogP contribution in [0.2, 0.25) is 0 Å². The van der Waals surface area contributed by atoms with Gasteiger partial charge >= 0.3 is 0 Å². The summed E-state index contributed by atoms with van der Waals surface area (Å²) in [6.45, 7) is 4.06. The summed E-state index contributed by atoms with van der Waals surface area (Å²) in [5.41, 5.74) is 2.09. The van der Waals surface area contributed by atoms with Crippen molar-refractivity contribution in [3.63, 3.8) is 0 Å². The Hall–Kier alpha value is -2.36. The lowest BCUT2D eigenvalue weighted by molar-refractivity contribution is 0.0989. The van der Waals surface area contributed by atoms with E-state index in [1.165, 1.54) is 11.6 Å². The molecule has 160 valence electrons. The Labute approximate surface area is 180 Å². The number of benzene rings is 1. The quantitative estimate of drug-likeness (QED) is 0.345. The minimum Gasteiger partial charge on any atom is -0.339 e. The molecule has 0 unspecified atom stereocenters. The first-order valence-electron chi connectivity index (χ1n) is 9.90. The van der Waals surface area contributed by atoms with Gasteiger partial charge in [0.2, 0.25) is 21.7 Å². The molecule has 0 bridgehead atoms. The molecule has 2 heterocycles. The topological polar surface area (TPSA) is 102 Å². The molecule has 1 N–H and O–H groups in total. The molecule has 9 heteroatoms. The molecule has 0 atom stereocenters. The molecule has 0 saturated carbocycles. The number of carbonyl (C=O) groups is 1. The van der Waals surface area contributed by atoms with E-state index in [0.717, 1.165) is 29.7 Å². The maximum Gasteiger partial charge on any atom is 0.242 e. The van der Waals surface area contributed by atoms with E-state index in [9.17, 15) is 13.2 Å². The summed E-state index contributed by atoms with van der Waals surface area (Å²) in [7, 11) is -3.67. The van der Waals surface area contributed by atoms with E-state index >= 15 is 0 Å². The van der Waals surface area contributed by atoms with Gasteiger partial charge in [-0.1, -0.05) is 48.3 Å². The van der Waals surface area contributed by atoms with Gasteiger partial charge in [0, 0.05) is 24.9 Å². The van der Waals surface area contributed by atoms with Crippen LogP contribution in [0.15, 0.2) is 45.1 Å². The highest BCUT2D eigenvalue weighted by molar-refractivity contribution is 7.89. The Morgan fingerprint density at radius 1 is 1.13 bits per heavy atom. The molecular formula is C21H25N3O4S2. The molecule has 3 rings (SSSR count). The van der Waals surface area contributed by atoms with Crippen LogP contribution in [0.25, 0.3) is 11.4 Å². The van der Waals surface area contributed by atoms with Crippen LogP contribution >= 0.6 is 11.3 Å². The van der Waals surface area contributed by atoms with Gasteiger partial charge in [0.1, 0.15) is 4.90 Å². The second-order valence-corrected chi connectivity index (χ2v) is 9.63. The fraction of sp³-hybridized carbons (Fsp3) is 0.381. The van der Waals surface area contributed by atoms with Gasteiger partial charge in [-0.05, 0) is 31.2 Å². The zero-order valence-electron chi connectivity index (χ0n) is 17.1. The zero-order chi connectivity index (χ0) is 21.6. The normalized spacial score (nSPS) is 11.7. The maximum absolute atomic E-state index is 12.5. The number of hydrogen-bond acceptors (Lipinski definition) is 7. The van der Waals surface area contributed by atoms with E-state index in [1.54, 1.807) is 12.3 Å². The molecule has 0 aliphatic carbocycles. The van der Waals surface area contributed by atoms with Gasteiger partial charge in [0.25, 0.3) is 0 Å². The number of nitrogens with one attached hydrogen (secondary N) is 1. The van der Waals surface area contributed by atoms with Crippen LogP contribution in [0, 0.1) is 6.92 Å². The number of ketones is 1. The van der Waals surface area contributed by atoms with E-state index < -0.39 is 10.0 Å². The third-order valence-corrected chi connectivity index (χ3v) is 7.22. The molecule has 0 aliphatic heterocycles. The molecule has 3 aromatic rings. The summed E-state index contributed by atoms with van der Waals surface area (Å²) in [6, 6.07) is 9.41. The Kier molecular flexibility index (Phi) is 7.52. The Bertz CT molecular complexity index is 1090. The van der Waals surface area contributed by atoms with Crippen molar-refractivity contribution in [2.75, 3.05) is 6.54 Å². The highest BCUT2D eigenvalue weighted by atomic mass is 32.2. The van der Waals surface area contributed by atoms with Gasteiger partial charge in [0.15, 0.2) is 5.78 Å². The van der Waals surface area contributed by atoms with Gasteiger partial charge in [-0.15, -0.1) is 11.3 Å². The number of aryl methyl sites for hydroxylation is 2. The van der Waals surface area contributed by atoms with E-state index in [0.29, 0.717) is 36.0 Å². The van der Waals surface area contributed by atoms with E-state index in [1.807, 2.05) is 31.2 Å². The summed E-state index contributed by atoms with van der Waals surface area (Å²) in [5, 5.41) is 5.65. The molecule has 0 amide bonds. The molecular weight excluding hydrogens is 422 g/mol. The molecule has 0 saturated heterocycles. The van der Waals surface area contributed by atoms with Crippen molar-refractivity contribution in [2.24, 2.45) is 0 Å². The molecule has 0 aliphatic rings. The average Bonchev–Trinajstić information content (AvgIpc) is 3.41. The smallest absolute Gasteiger partial charge is 0.242 e. The Morgan fingerprint density at radius 3 is 2.63 bits per heavy atom. The highest BCUT2D eigenvalue weighted by Gasteiger charge is 2.22. The van der Waals surface area contributed by atoms with Crippen LogP contribution in [0.3, 0.4) is 0 Å². The molecule has 0 fully saturated rings. The monoisotopic (exact) mass is 447 g/mol. The summed E-state index contributed by atoms with van der Waals surface area (Å²) in [6.07, 6.45) is 3.24. The average molecular weight is 448 g/mol. The lowest BCUT2D eigenvalue weighted by atomic mass is 10.1.